The standard InChI is InChI=1S/C13H23NO4/c1-10(9-15)14-11(16)8-13(12(17)18)6-4-2-3-5-7-13/h10,15H,2-9H2,1H3,(H,14,16)(H,17,18)/t10-/m1/s1. The van der Waals surface area contributed by atoms with Crippen molar-refractivity contribution in [2.24, 2.45) is 5.41 Å². The minimum Gasteiger partial charge on any atom is -0.481 e. The molecule has 1 rings (SSSR count). The largest absolute Gasteiger partial charge is 0.481 e. The lowest BCUT2D eigenvalue weighted by atomic mass is 9.77. The number of carbonyl (C=O) groups is 2. The Morgan fingerprint density at radius 2 is 1.78 bits per heavy atom. The minimum absolute atomic E-state index is 0.0205. The molecular formula is C13H23NO4. The Bertz CT molecular complexity index is 295. The van der Waals surface area contributed by atoms with Crippen LogP contribution in [0.3, 0.4) is 0 Å². The molecule has 1 aliphatic rings. The van der Waals surface area contributed by atoms with Crippen LogP contribution in [0.25, 0.3) is 0 Å². The summed E-state index contributed by atoms with van der Waals surface area (Å²) < 4.78 is 0. The molecule has 3 N–H and O–H groups in total. The molecule has 1 amide bonds. The van der Waals surface area contributed by atoms with Crippen molar-refractivity contribution in [3.05, 3.63) is 0 Å². The SMILES string of the molecule is C[C@H](CO)NC(=O)CC1(C(=O)O)CCCCCC1. The number of amides is 1. The van der Waals surface area contributed by atoms with Gasteiger partial charge in [0.1, 0.15) is 0 Å². The average Bonchev–Trinajstić information content (AvgIpc) is 2.55. The lowest BCUT2D eigenvalue weighted by Gasteiger charge is -2.27. The number of rotatable bonds is 5. The Kier molecular flexibility index (Phi) is 5.59. The van der Waals surface area contributed by atoms with Crippen molar-refractivity contribution in [1.29, 1.82) is 0 Å². The first-order chi connectivity index (χ1) is 8.50. The van der Waals surface area contributed by atoms with E-state index in [1.807, 2.05) is 0 Å². The first kappa shape index (κ1) is 15.0. The smallest absolute Gasteiger partial charge is 0.310 e. The number of aliphatic carboxylic acids is 1. The number of carbonyl (C=O) groups excluding carboxylic acids is 1. The predicted octanol–water partition coefficient (Wildman–Crippen LogP) is 1.30. The van der Waals surface area contributed by atoms with E-state index in [2.05, 4.69) is 5.32 Å². The van der Waals surface area contributed by atoms with Crippen LogP contribution in [0, 0.1) is 5.41 Å². The van der Waals surface area contributed by atoms with E-state index in [4.69, 9.17) is 5.11 Å². The van der Waals surface area contributed by atoms with Crippen LogP contribution in [0.4, 0.5) is 0 Å². The number of aliphatic hydroxyl groups is 1. The van der Waals surface area contributed by atoms with E-state index in [-0.39, 0.29) is 25.0 Å². The molecular weight excluding hydrogens is 234 g/mol. The number of aliphatic hydroxyl groups excluding tert-OH is 1. The second-order valence-corrected chi connectivity index (χ2v) is 5.33. The van der Waals surface area contributed by atoms with Gasteiger partial charge in [-0.1, -0.05) is 25.7 Å². The van der Waals surface area contributed by atoms with Gasteiger partial charge < -0.3 is 15.5 Å². The quantitative estimate of drug-likeness (QED) is 0.648. The fourth-order valence-corrected chi connectivity index (χ4v) is 2.55. The Hall–Kier alpha value is -1.10. The van der Waals surface area contributed by atoms with Crippen molar-refractivity contribution in [1.82, 2.24) is 5.32 Å². The maximum Gasteiger partial charge on any atom is 0.310 e. The van der Waals surface area contributed by atoms with Gasteiger partial charge in [-0.3, -0.25) is 9.59 Å². The van der Waals surface area contributed by atoms with Gasteiger partial charge in [0, 0.05) is 12.5 Å². The summed E-state index contributed by atoms with van der Waals surface area (Å²) in [6.45, 7) is 1.56. The number of carboxylic acids is 1. The summed E-state index contributed by atoms with van der Waals surface area (Å²) in [5.41, 5.74) is -0.907. The van der Waals surface area contributed by atoms with Gasteiger partial charge in [0.15, 0.2) is 0 Å². The number of nitrogens with one attached hydrogen (secondary N) is 1. The molecule has 1 atom stereocenters. The molecule has 18 heavy (non-hydrogen) atoms. The summed E-state index contributed by atoms with van der Waals surface area (Å²) in [6, 6.07) is -0.325. The van der Waals surface area contributed by atoms with E-state index >= 15 is 0 Å². The normalized spacial score (nSPS) is 20.8. The summed E-state index contributed by atoms with van der Waals surface area (Å²) in [5.74, 6) is -1.14. The third-order valence-corrected chi connectivity index (χ3v) is 3.69. The van der Waals surface area contributed by atoms with Crippen LogP contribution in [-0.2, 0) is 9.59 Å². The molecule has 0 aromatic heterocycles. The minimum atomic E-state index is -0.907. The molecule has 104 valence electrons. The summed E-state index contributed by atoms with van der Waals surface area (Å²) in [4.78, 5) is 23.3. The van der Waals surface area contributed by atoms with E-state index in [9.17, 15) is 14.7 Å². The van der Waals surface area contributed by atoms with Crippen LogP contribution < -0.4 is 5.32 Å². The first-order valence-electron chi connectivity index (χ1n) is 6.64. The van der Waals surface area contributed by atoms with Crippen LogP contribution >= 0.6 is 0 Å². The topological polar surface area (TPSA) is 86.6 Å². The van der Waals surface area contributed by atoms with Gasteiger partial charge in [0.05, 0.1) is 12.0 Å². The van der Waals surface area contributed by atoms with Crippen molar-refractivity contribution in [2.75, 3.05) is 6.61 Å². The summed E-state index contributed by atoms with van der Waals surface area (Å²) >= 11 is 0. The molecule has 1 fully saturated rings. The second kappa shape index (κ2) is 6.73. The van der Waals surface area contributed by atoms with Crippen molar-refractivity contribution in [2.45, 2.75) is 57.9 Å². The first-order valence-corrected chi connectivity index (χ1v) is 6.64. The molecule has 0 unspecified atom stereocenters. The predicted molar refractivity (Wildman–Crippen MR) is 67.1 cm³/mol. The van der Waals surface area contributed by atoms with Gasteiger partial charge in [-0.2, -0.15) is 0 Å². The zero-order valence-corrected chi connectivity index (χ0v) is 10.9. The van der Waals surface area contributed by atoms with Gasteiger partial charge in [-0.05, 0) is 19.8 Å². The molecule has 0 spiro atoms. The molecule has 0 saturated heterocycles. The summed E-state index contributed by atoms with van der Waals surface area (Å²) in [6.07, 6.45) is 5.00. The maximum absolute atomic E-state index is 11.8. The molecule has 5 heteroatoms. The Morgan fingerprint density at radius 1 is 1.22 bits per heavy atom. The van der Waals surface area contributed by atoms with Gasteiger partial charge in [-0.15, -0.1) is 0 Å². The Balaban J connectivity index is 2.67. The van der Waals surface area contributed by atoms with Crippen molar-refractivity contribution >= 4 is 11.9 Å². The Morgan fingerprint density at radius 3 is 2.22 bits per heavy atom. The monoisotopic (exact) mass is 257 g/mol. The molecule has 0 aromatic carbocycles. The third-order valence-electron chi connectivity index (χ3n) is 3.69. The average molecular weight is 257 g/mol. The molecule has 5 nitrogen and oxygen atoms in total. The summed E-state index contributed by atoms with van der Waals surface area (Å²) in [7, 11) is 0. The lowest BCUT2D eigenvalue weighted by molar-refractivity contribution is -0.153. The number of hydrogen-bond acceptors (Lipinski definition) is 3. The van der Waals surface area contributed by atoms with E-state index in [1.54, 1.807) is 6.92 Å². The maximum atomic E-state index is 11.8. The van der Waals surface area contributed by atoms with Crippen molar-refractivity contribution in [3.63, 3.8) is 0 Å². The van der Waals surface area contributed by atoms with Crippen molar-refractivity contribution < 1.29 is 19.8 Å². The number of hydrogen-bond donors (Lipinski definition) is 3. The van der Waals surface area contributed by atoms with Gasteiger partial charge in [-0.25, -0.2) is 0 Å². The molecule has 1 saturated carbocycles. The van der Waals surface area contributed by atoms with Crippen LogP contribution in [0.15, 0.2) is 0 Å². The highest BCUT2D eigenvalue weighted by molar-refractivity contribution is 5.85. The highest BCUT2D eigenvalue weighted by Crippen LogP contribution is 2.38. The molecule has 0 aliphatic heterocycles. The highest BCUT2D eigenvalue weighted by atomic mass is 16.4. The second-order valence-electron chi connectivity index (χ2n) is 5.33. The summed E-state index contributed by atoms with van der Waals surface area (Å²) in [5, 5.41) is 20.9. The van der Waals surface area contributed by atoms with Crippen LogP contribution in [0.1, 0.15) is 51.9 Å². The fourth-order valence-electron chi connectivity index (χ4n) is 2.55. The zero-order chi connectivity index (χ0) is 13.6. The van der Waals surface area contributed by atoms with E-state index in [0.717, 1.165) is 25.7 Å². The molecule has 1 aliphatic carbocycles. The number of carboxylic acid groups (broad SMARTS) is 1. The molecule has 0 bridgehead atoms. The van der Waals surface area contributed by atoms with Crippen LogP contribution in [0.2, 0.25) is 0 Å². The van der Waals surface area contributed by atoms with Gasteiger partial charge in [0.2, 0.25) is 5.91 Å². The van der Waals surface area contributed by atoms with Crippen molar-refractivity contribution in [3.8, 4) is 0 Å². The molecule has 0 radical (unpaired) electrons. The van der Waals surface area contributed by atoms with E-state index in [1.165, 1.54) is 0 Å². The lowest BCUT2D eigenvalue weighted by Crippen LogP contribution is -2.41. The van der Waals surface area contributed by atoms with Gasteiger partial charge in [0.25, 0.3) is 0 Å². The van der Waals surface area contributed by atoms with Gasteiger partial charge >= 0.3 is 5.97 Å². The van der Waals surface area contributed by atoms with E-state index < -0.39 is 11.4 Å². The fraction of sp³-hybridized carbons (Fsp3) is 0.846. The highest BCUT2D eigenvalue weighted by Gasteiger charge is 2.40. The Labute approximate surface area is 108 Å². The molecule has 0 heterocycles. The zero-order valence-electron chi connectivity index (χ0n) is 10.9. The van der Waals surface area contributed by atoms with Crippen LogP contribution in [0.5, 0.6) is 0 Å². The van der Waals surface area contributed by atoms with Crippen LogP contribution in [-0.4, -0.2) is 34.7 Å². The molecule has 0 aromatic rings. The van der Waals surface area contributed by atoms with E-state index in [0.29, 0.717) is 12.8 Å². The third kappa shape index (κ3) is 3.98.